The summed E-state index contributed by atoms with van der Waals surface area (Å²) in [7, 11) is 1.99. The van der Waals surface area contributed by atoms with Crippen molar-refractivity contribution in [1.82, 2.24) is 15.0 Å². The minimum atomic E-state index is -0.422. The first-order valence-corrected chi connectivity index (χ1v) is 12.4. The molecule has 2 aromatic heterocycles. The molecule has 4 rings (SSSR count). The van der Waals surface area contributed by atoms with Crippen molar-refractivity contribution in [3.8, 4) is 0 Å². The average molecular weight is 494 g/mol. The van der Waals surface area contributed by atoms with Gasteiger partial charge in [0, 0.05) is 19.3 Å². The second kappa shape index (κ2) is 11.1. The van der Waals surface area contributed by atoms with E-state index < -0.39 is 5.97 Å². The van der Waals surface area contributed by atoms with Gasteiger partial charge in [0.05, 0.1) is 17.9 Å². The second-order valence-corrected chi connectivity index (χ2v) is 9.25. The number of aromatic nitrogens is 3. The van der Waals surface area contributed by atoms with Crippen molar-refractivity contribution < 1.29 is 14.3 Å². The van der Waals surface area contributed by atoms with Crippen molar-refractivity contribution in [2.45, 2.75) is 18.5 Å². The number of benzene rings is 2. The number of nitrogens with zero attached hydrogens (tertiary/aromatic N) is 4. The molecule has 34 heavy (non-hydrogen) atoms. The van der Waals surface area contributed by atoms with Crippen LogP contribution in [0.5, 0.6) is 0 Å². The minimum absolute atomic E-state index is 0.156. The Bertz CT molecular complexity index is 1300. The van der Waals surface area contributed by atoms with Gasteiger partial charge in [-0.05, 0) is 30.7 Å². The van der Waals surface area contributed by atoms with Crippen LogP contribution in [0.3, 0.4) is 0 Å². The number of thiazole rings is 1. The Kier molecular flexibility index (Phi) is 7.71. The summed E-state index contributed by atoms with van der Waals surface area (Å²) in [4.78, 5) is 39.8. The molecule has 0 radical (unpaired) electrons. The molecule has 0 aliphatic rings. The predicted molar refractivity (Wildman–Crippen MR) is 136 cm³/mol. The van der Waals surface area contributed by atoms with E-state index in [0.717, 1.165) is 16.4 Å². The number of hydrogen-bond donors (Lipinski definition) is 1. The standard InChI is InChI=1S/C24H23N5O3S2/c1-3-32-23(31)17-10-7-11-18(12-17)27-19(30)14-33-22-20-21(25-15-26-22)28-24(34-20)29(2)13-16-8-5-4-6-9-16/h4-12,15H,3,13-14H2,1-2H3,(H,27,30). The van der Waals surface area contributed by atoms with Gasteiger partial charge in [-0.1, -0.05) is 59.5 Å². The van der Waals surface area contributed by atoms with Gasteiger partial charge in [0.15, 0.2) is 10.8 Å². The summed E-state index contributed by atoms with van der Waals surface area (Å²) in [5.74, 6) is -0.471. The highest BCUT2D eigenvalue weighted by Gasteiger charge is 2.16. The lowest BCUT2D eigenvalue weighted by molar-refractivity contribution is -0.113. The highest BCUT2D eigenvalue weighted by atomic mass is 32.2. The molecule has 0 aliphatic heterocycles. The third-order valence-corrected chi connectivity index (χ3v) is 7.02. The van der Waals surface area contributed by atoms with E-state index in [1.165, 1.54) is 35.0 Å². The van der Waals surface area contributed by atoms with Crippen LogP contribution < -0.4 is 10.2 Å². The highest BCUT2D eigenvalue weighted by Crippen LogP contribution is 2.33. The lowest BCUT2D eigenvalue weighted by Crippen LogP contribution is -2.15. The second-order valence-electron chi connectivity index (χ2n) is 7.31. The lowest BCUT2D eigenvalue weighted by Gasteiger charge is -2.15. The lowest BCUT2D eigenvalue weighted by atomic mass is 10.2. The van der Waals surface area contributed by atoms with Gasteiger partial charge in [0.1, 0.15) is 16.1 Å². The van der Waals surface area contributed by atoms with E-state index in [2.05, 4.69) is 37.3 Å². The zero-order chi connectivity index (χ0) is 23.9. The van der Waals surface area contributed by atoms with E-state index in [4.69, 9.17) is 4.74 Å². The first-order chi connectivity index (χ1) is 16.5. The Morgan fingerprint density at radius 1 is 1.12 bits per heavy atom. The van der Waals surface area contributed by atoms with Crippen molar-refractivity contribution in [3.63, 3.8) is 0 Å². The van der Waals surface area contributed by atoms with E-state index in [0.29, 0.717) is 28.5 Å². The van der Waals surface area contributed by atoms with Crippen LogP contribution in [0, 0.1) is 0 Å². The molecule has 0 saturated heterocycles. The predicted octanol–water partition coefficient (Wildman–Crippen LogP) is 4.63. The molecule has 2 aromatic carbocycles. The topological polar surface area (TPSA) is 97.3 Å². The largest absolute Gasteiger partial charge is 0.462 e. The van der Waals surface area contributed by atoms with Crippen molar-refractivity contribution in [2.24, 2.45) is 0 Å². The molecule has 0 aliphatic carbocycles. The van der Waals surface area contributed by atoms with Crippen molar-refractivity contribution >= 4 is 56.1 Å². The third-order valence-electron chi connectivity index (χ3n) is 4.73. The number of hydrogen-bond acceptors (Lipinski definition) is 9. The van der Waals surface area contributed by atoms with Gasteiger partial charge in [-0.25, -0.2) is 14.8 Å². The first kappa shape index (κ1) is 23.7. The van der Waals surface area contributed by atoms with Gasteiger partial charge in [0.2, 0.25) is 5.91 Å². The van der Waals surface area contributed by atoms with Crippen molar-refractivity contribution in [2.75, 3.05) is 29.6 Å². The Hall–Kier alpha value is -3.50. The van der Waals surface area contributed by atoms with Crippen LogP contribution in [0.15, 0.2) is 66.0 Å². The van der Waals surface area contributed by atoms with Crippen LogP contribution in [0.25, 0.3) is 10.3 Å². The zero-order valence-electron chi connectivity index (χ0n) is 18.7. The van der Waals surface area contributed by atoms with Crippen LogP contribution >= 0.6 is 23.1 Å². The van der Waals surface area contributed by atoms with E-state index >= 15 is 0 Å². The Morgan fingerprint density at radius 3 is 2.74 bits per heavy atom. The Balaban J connectivity index is 1.41. The highest BCUT2D eigenvalue weighted by molar-refractivity contribution is 8.00. The van der Waals surface area contributed by atoms with Gasteiger partial charge >= 0.3 is 5.97 Å². The molecule has 10 heteroatoms. The SMILES string of the molecule is CCOC(=O)c1cccc(NC(=O)CSc2ncnc3nc(N(C)Cc4ccccc4)sc23)c1. The normalized spacial score (nSPS) is 10.8. The van der Waals surface area contributed by atoms with E-state index in [1.54, 1.807) is 31.2 Å². The molecular weight excluding hydrogens is 470 g/mol. The van der Waals surface area contributed by atoms with E-state index in [1.807, 2.05) is 25.2 Å². The molecule has 0 fully saturated rings. The van der Waals surface area contributed by atoms with Gasteiger partial charge in [-0.3, -0.25) is 4.79 Å². The Labute approximate surface area is 205 Å². The fourth-order valence-electron chi connectivity index (χ4n) is 3.18. The maximum atomic E-state index is 12.5. The molecule has 0 saturated carbocycles. The first-order valence-electron chi connectivity index (χ1n) is 10.6. The average Bonchev–Trinajstić information content (AvgIpc) is 3.29. The minimum Gasteiger partial charge on any atom is -0.462 e. The number of carbonyl (C=O) groups excluding carboxylic acids is 2. The quantitative estimate of drug-likeness (QED) is 0.205. The van der Waals surface area contributed by atoms with Crippen LogP contribution in [-0.2, 0) is 16.1 Å². The number of anilines is 2. The van der Waals surface area contributed by atoms with Crippen LogP contribution in [0.2, 0.25) is 0 Å². The number of nitrogens with one attached hydrogen (secondary N) is 1. The van der Waals surface area contributed by atoms with Crippen molar-refractivity contribution in [1.29, 1.82) is 0 Å². The molecule has 174 valence electrons. The number of rotatable bonds is 9. The van der Waals surface area contributed by atoms with Gasteiger partial charge in [0.25, 0.3) is 0 Å². The fourth-order valence-corrected chi connectivity index (χ4v) is 5.03. The molecule has 8 nitrogen and oxygen atoms in total. The summed E-state index contributed by atoms with van der Waals surface area (Å²) in [6, 6.07) is 16.9. The summed E-state index contributed by atoms with van der Waals surface area (Å²) in [5, 5.41) is 4.36. The number of esters is 1. The summed E-state index contributed by atoms with van der Waals surface area (Å²) < 4.78 is 5.85. The van der Waals surface area contributed by atoms with Gasteiger partial charge < -0.3 is 15.0 Å². The van der Waals surface area contributed by atoms with Gasteiger partial charge in [-0.2, -0.15) is 4.98 Å². The van der Waals surface area contributed by atoms with Crippen LogP contribution in [0.4, 0.5) is 10.8 Å². The van der Waals surface area contributed by atoms with Crippen LogP contribution in [0.1, 0.15) is 22.8 Å². The fraction of sp³-hybridized carbons (Fsp3) is 0.208. The number of ether oxygens (including phenoxy) is 1. The summed E-state index contributed by atoms with van der Waals surface area (Å²) >= 11 is 2.82. The monoisotopic (exact) mass is 493 g/mol. The summed E-state index contributed by atoms with van der Waals surface area (Å²) in [6.07, 6.45) is 1.46. The number of carbonyl (C=O) groups is 2. The summed E-state index contributed by atoms with van der Waals surface area (Å²) in [6.45, 7) is 2.77. The molecule has 4 aromatic rings. The van der Waals surface area contributed by atoms with Crippen LogP contribution in [-0.4, -0.2) is 46.2 Å². The molecule has 1 N–H and O–H groups in total. The van der Waals surface area contributed by atoms with Gasteiger partial charge in [-0.15, -0.1) is 0 Å². The number of thioether (sulfide) groups is 1. The maximum Gasteiger partial charge on any atom is 0.338 e. The van der Waals surface area contributed by atoms with Crippen molar-refractivity contribution in [3.05, 3.63) is 72.1 Å². The maximum absolute atomic E-state index is 12.5. The molecule has 0 atom stereocenters. The van der Waals surface area contributed by atoms with E-state index in [9.17, 15) is 9.59 Å². The summed E-state index contributed by atoms with van der Waals surface area (Å²) in [5.41, 5.74) is 2.72. The molecule has 1 amide bonds. The number of amides is 1. The molecule has 0 bridgehead atoms. The molecule has 0 spiro atoms. The molecular formula is C24H23N5O3S2. The molecule has 2 heterocycles. The smallest absolute Gasteiger partial charge is 0.338 e. The Morgan fingerprint density at radius 2 is 1.94 bits per heavy atom. The third kappa shape index (κ3) is 5.89. The zero-order valence-corrected chi connectivity index (χ0v) is 20.4. The van der Waals surface area contributed by atoms with E-state index in [-0.39, 0.29) is 11.7 Å². The molecule has 0 unspecified atom stereocenters. The number of fused-ring (bicyclic) bond motifs is 1.